The first kappa shape index (κ1) is 13.7. The molecule has 1 aliphatic heterocycles. The number of fused-ring (bicyclic) bond motifs is 1. The lowest BCUT2D eigenvalue weighted by atomic mass is 9.98. The highest BCUT2D eigenvalue weighted by Gasteiger charge is 2.20. The van der Waals surface area contributed by atoms with Gasteiger partial charge in [-0.2, -0.15) is 4.98 Å². The van der Waals surface area contributed by atoms with Gasteiger partial charge >= 0.3 is 0 Å². The first-order valence-electron chi connectivity index (χ1n) is 7.24. The molecule has 2 heterocycles. The van der Waals surface area contributed by atoms with Crippen LogP contribution in [0.5, 0.6) is 5.88 Å². The van der Waals surface area contributed by atoms with Gasteiger partial charge in [0.2, 0.25) is 11.8 Å². The van der Waals surface area contributed by atoms with Crippen LogP contribution in [0, 0.1) is 0 Å². The third kappa shape index (κ3) is 2.91. The van der Waals surface area contributed by atoms with Crippen molar-refractivity contribution in [3.05, 3.63) is 41.6 Å². The minimum absolute atomic E-state index is 0.102. The van der Waals surface area contributed by atoms with Crippen molar-refractivity contribution in [1.82, 2.24) is 9.97 Å². The monoisotopic (exact) mass is 284 g/mol. The molecule has 0 radical (unpaired) electrons. The van der Waals surface area contributed by atoms with Gasteiger partial charge in [-0.25, -0.2) is 4.98 Å². The summed E-state index contributed by atoms with van der Waals surface area (Å²) in [5, 5.41) is 0. The standard InChI is InChI=1S/C16H20N4O/c1-11(2)21-15-6-8-18-16(19-15)20-9-7-12-4-3-5-14(17)13(12)10-20/h3-6,8,11H,7,9-10,17H2,1-2H3. The van der Waals surface area contributed by atoms with E-state index in [4.69, 9.17) is 10.5 Å². The Morgan fingerprint density at radius 3 is 2.95 bits per heavy atom. The molecule has 5 nitrogen and oxygen atoms in total. The molecule has 0 spiro atoms. The molecule has 0 amide bonds. The van der Waals surface area contributed by atoms with Crippen molar-refractivity contribution in [1.29, 1.82) is 0 Å². The maximum atomic E-state index is 6.09. The lowest BCUT2D eigenvalue weighted by molar-refractivity contribution is 0.232. The Kier molecular flexibility index (Phi) is 3.64. The van der Waals surface area contributed by atoms with E-state index in [0.29, 0.717) is 11.8 Å². The number of nitrogens with zero attached hydrogens (tertiary/aromatic N) is 3. The molecule has 1 aromatic heterocycles. The predicted octanol–water partition coefficient (Wildman–Crippen LogP) is 2.41. The third-order valence-electron chi connectivity index (χ3n) is 3.57. The quantitative estimate of drug-likeness (QED) is 0.877. The van der Waals surface area contributed by atoms with Gasteiger partial charge in [0, 0.05) is 31.0 Å². The van der Waals surface area contributed by atoms with E-state index in [-0.39, 0.29) is 6.10 Å². The van der Waals surface area contributed by atoms with Crippen molar-refractivity contribution in [2.24, 2.45) is 0 Å². The molecule has 0 unspecified atom stereocenters. The van der Waals surface area contributed by atoms with Gasteiger partial charge in [-0.1, -0.05) is 12.1 Å². The SMILES string of the molecule is CC(C)Oc1ccnc(N2CCc3cccc(N)c3C2)n1. The Hall–Kier alpha value is -2.30. The van der Waals surface area contributed by atoms with E-state index in [1.807, 2.05) is 26.0 Å². The minimum atomic E-state index is 0.102. The lowest BCUT2D eigenvalue weighted by Gasteiger charge is -2.29. The Bertz CT molecular complexity index is 642. The van der Waals surface area contributed by atoms with Crippen LogP contribution in [-0.4, -0.2) is 22.6 Å². The second-order valence-corrected chi connectivity index (χ2v) is 5.52. The summed E-state index contributed by atoms with van der Waals surface area (Å²) in [6, 6.07) is 7.89. The summed E-state index contributed by atoms with van der Waals surface area (Å²) in [7, 11) is 0. The molecule has 0 saturated heterocycles. The van der Waals surface area contributed by atoms with Gasteiger partial charge < -0.3 is 15.4 Å². The molecule has 0 aliphatic carbocycles. The molecule has 21 heavy (non-hydrogen) atoms. The van der Waals surface area contributed by atoms with Crippen LogP contribution in [0.15, 0.2) is 30.5 Å². The summed E-state index contributed by atoms with van der Waals surface area (Å²) >= 11 is 0. The number of hydrogen-bond donors (Lipinski definition) is 1. The Labute approximate surface area is 124 Å². The molecule has 2 N–H and O–H groups in total. The zero-order valence-corrected chi connectivity index (χ0v) is 12.4. The highest BCUT2D eigenvalue weighted by molar-refractivity contribution is 5.54. The Morgan fingerprint density at radius 1 is 1.29 bits per heavy atom. The molecule has 0 atom stereocenters. The molecule has 0 fully saturated rings. The number of rotatable bonds is 3. The smallest absolute Gasteiger partial charge is 0.228 e. The lowest BCUT2D eigenvalue weighted by Crippen LogP contribution is -2.32. The number of aromatic nitrogens is 2. The van der Waals surface area contributed by atoms with Gasteiger partial charge in [0.25, 0.3) is 0 Å². The van der Waals surface area contributed by atoms with Crippen LogP contribution in [0.3, 0.4) is 0 Å². The first-order chi connectivity index (χ1) is 10.1. The summed E-state index contributed by atoms with van der Waals surface area (Å²) in [6.07, 6.45) is 2.80. The van der Waals surface area contributed by atoms with Gasteiger partial charge in [-0.05, 0) is 37.5 Å². The zero-order valence-electron chi connectivity index (χ0n) is 12.4. The van der Waals surface area contributed by atoms with E-state index in [1.54, 1.807) is 12.3 Å². The van der Waals surface area contributed by atoms with E-state index >= 15 is 0 Å². The fourth-order valence-corrected chi connectivity index (χ4v) is 2.57. The summed E-state index contributed by atoms with van der Waals surface area (Å²) in [4.78, 5) is 11.0. The number of ether oxygens (including phenoxy) is 1. The van der Waals surface area contributed by atoms with Gasteiger partial charge in [0.1, 0.15) is 0 Å². The largest absolute Gasteiger partial charge is 0.475 e. The number of nitrogens with two attached hydrogens (primary N) is 1. The molecule has 5 heteroatoms. The molecule has 2 aromatic rings. The average molecular weight is 284 g/mol. The normalized spacial score (nSPS) is 14.1. The second kappa shape index (κ2) is 5.60. The second-order valence-electron chi connectivity index (χ2n) is 5.52. The number of hydrogen-bond acceptors (Lipinski definition) is 5. The van der Waals surface area contributed by atoms with Crippen LogP contribution < -0.4 is 15.4 Å². The predicted molar refractivity (Wildman–Crippen MR) is 83.4 cm³/mol. The van der Waals surface area contributed by atoms with Gasteiger partial charge in [0.05, 0.1) is 6.10 Å². The molecule has 110 valence electrons. The molecule has 0 saturated carbocycles. The van der Waals surface area contributed by atoms with Crippen molar-refractivity contribution in [3.63, 3.8) is 0 Å². The summed E-state index contributed by atoms with van der Waals surface area (Å²) in [5.41, 5.74) is 9.43. The maximum absolute atomic E-state index is 6.09. The number of benzene rings is 1. The van der Waals surface area contributed by atoms with Crippen molar-refractivity contribution in [2.75, 3.05) is 17.2 Å². The topological polar surface area (TPSA) is 64.3 Å². The van der Waals surface area contributed by atoms with Crippen LogP contribution >= 0.6 is 0 Å². The van der Waals surface area contributed by atoms with Crippen molar-refractivity contribution in [3.8, 4) is 5.88 Å². The molecule has 3 rings (SSSR count). The summed E-state index contributed by atoms with van der Waals surface area (Å²) in [5.74, 6) is 1.31. The maximum Gasteiger partial charge on any atom is 0.228 e. The van der Waals surface area contributed by atoms with Crippen molar-refractivity contribution < 1.29 is 4.74 Å². The molecule has 0 bridgehead atoms. The van der Waals surface area contributed by atoms with Crippen molar-refractivity contribution >= 4 is 11.6 Å². The van der Waals surface area contributed by atoms with Crippen LogP contribution in [-0.2, 0) is 13.0 Å². The van der Waals surface area contributed by atoms with E-state index in [9.17, 15) is 0 Å². The number of nitrogen functional groups attached to an aromatic ring is 1. The van der Waals surface area contributed by atoms with Crippen molar-refractivity contribution in [2.45, 2.75) is 32.9 Å². The van der Waals surface area contributed by atoms with Crippen LogP contribution in [0.1, 0.15) is 25.0 Å². The van der Waals surface area contributed by atoms with E-state index in [0.717, 1.165) is 25.2 Å². The minimum Gasteiger partial charge on any atom is -0.475 e. The molecular formula is C16H20N4O. The number of anilines is 2. The van der Waals surface area contributed by atoms with Crippen LogP contribution in [0.25, 0.3) is 0 Å². The molecule has 1 aromatic carbocycles. The fraction of sp³-hybridized carbons (Fsp3) is 0.375. The summed E-state index contributed by atoms with van der Waals surface area (Å²) in [6.45, 7) is 5.61. The van der Waals surface area contributed by atoms with Crippen LogP contribution in [0.2, 0.25) is 0 Å². The highest BCUT2D eigenvalue weighted by Crippen LogP contribution is 2.26. The van der Waals surface area contributed by atoms with E-state index in [2.05, 4.69) is 20.9 Å². The molecule has 1 aliphatic rings. The Balaban J connectivity index is 1.84. The van der Waals surface area contributed by atoms with Gasteiger partial charge in [0.15, 0.2) is 0 Å². The zero-order chi connectivity index (χ0) is 14.8. The van der Waals surface area contributed by atoms with E-state index < -0.39 is 0 Å². The Morgan fingerprint density at radius 2 is 2.14 bits per heavy atom. The highest BCUT2D eigenvalue weighted by atomic mass is 16.5. The first-order valence-corrected chi connectivity index (χ1v) is 7.24. The molecular weight excluding hydrogens is 264 g/mol. The van der Waals surface area contributed by atoms with Gasteiger partial charge in [-0.15, -0.1) is 0 Å². The average Bonchev–Trinajstić information content (AvgIpc) is 2.47. The fourth-order valence-electron chi connectivity index (χ4n) is 2.57. The van der Waals surface area contributed by atoms with Gasteiger partial charge in [-0.3, -0.25) is 0 Å². The summed E-state index contributed by atoms with van der Waals surface area (Å²) < 4.78 is 5.64. The van der Waals surface area contributed by atoms with E-state index in [1.165, 1.54) is 11.1 Å². The van der Waals surface area contributed by atoms with Crippen LogP contribution in [0.4, 0.5) is 11.6 Å². The third-order valence-corrected chi connectivity index (χ3v) is 3.57.